The molecule has 1 amide bonds. The Morgan fingerprint density at radius 3 is 2.39 bits per heavy atom. The van der Waals surface area contributed by atoms with Gasteiger partial charge in [0.25, 0.3) is 5.91 Å². The van der Waals surface area contributed by atoms with Crippen LogP contribution >= 0.6 is 0 Å². The zero-order chi connectivity index (χ0) is 20.5. The topological polar surface area (TPSA) is 112 Å². The first-order valence-corrected chi connectivity index (χ1v) is 8.77. The van der Waals surface area contributed by atoms with E-state index >= 15 is 0 Å². The normalized spacial score (nSPS) is 10.0. The molecule has 0 spiro atoms. The summed E-state index contributed by atoms with van der Waals surface area (Å²) in [5, 5.41) is 21.5. The van der Waals surface area contributed by atoms with Crippen LogP contribution in [-0.4, -0.2) is 36.2 Å². The third-order valence-electron chi connectivity index (χ3n) is 4.24. The van der Waals surface area contributed by atoms with Gasteiger partial charge in [-0.2, -0.15) is 10.5 Å². The Balaban J connectivity index is 2.17. The lowest BCUT2D eigenvalue weighted by atomic mass is 10.1. The predicted octanol–water partition coefficient (Wildman–Crippen LogP) is 3.15. The molecule has 0 aliphatic heterocycles. The summed E-state index contributed by atoms with van der Waals surface area (Å²) in [5.74, 6) is 1.33. The van der Waals surface area contributed by atoms with Crippen molar-refractivity contribution in [3.63, 3.8) is 0 Å². The van der Waals surface area contributed by atoms with E-state index in [1.165, 1.54) is 12.0 Å². The quantitative estimate of drug-likeness (QED) is 0.654. The van der Waals surface area contributed by atoms with Gasteiger partial charge in [-0.3, -0.25) is 4.79 Å². The second kappa shape index (κ2) is 9.98. The van der Waals surface area contributed by atoms with E-state index in [4.69, 9.17) is 24.5 Å². The van der Waals surface area contributed by atoms with Crippen LogP contribution in [0.1, 0.15) is 40.2 Å². The maximum atomic E-state index is 12.8. The van der Waals surface area contributed by atoms with Gasteiger partial charge in [0.15, 0.2) is 11.5 Å². The molecule has 146 valence electrons. The standard InChI is InChI=1S/C20H22N4O4/c1-14-17(15(2)28-23-14)13-27-18-7-6-16(12-19(18)26-3)20(25)24(10-4-8-21)11-5-9-22/h6-7,12H,4-5,10-11,13H2,1-3H3. The van der Waals surface area contributed by atoms with Gasteiger partial charge < -0.3 is 18.9 Å². The number of aryl methyl sites for hydroxylation is 2. The second-order valence-corrected chi connectivity index (χ2v) is 6.07. The number of nitrogens with zero attached hydrogens (tertiary/aromatic N) is 4. The largest absolute Gasteiger partial charge is 0.493 e. The fourth-order valence-electron chi connectivity index (χ4n) is 2.65. The van der Waals surface area contributed by atoms with Crippen molar-refractivity contribution < 1.29 is 18.8 Å². The lowest BCUT2D eigenvalue weighted by Crippen LogP contribution is -2.32. The summed E-state index contributed by atoms with van der Waals surface area (Å²) < 4.78 is 16.3. The van der Waals surface area contributed by atoms with Crippen molar-refractivity contribution >= 4 is 5.91 Å². The summed E-state index contributed by atoms with van der Waals surface area (Å²) in [6, 6.07) is 8.93. The van der Waals surface area contributed by atoms with Crippen molar-refractivity contribution in [2.24, 2.45) is 0 Å². The summed E-state index contributed by atoms with van der Waals surface area (Å²) in [6.07, 6.45) is 0.403. The Labute approximate surface area is 163 Å². The molecule has 0 radical (unpaired) electrons. The number of hydrogen-bond acceptors (Lipinski definition) is 7. The minimum Gasteiger partial charge on any atom is -0.493 e. The zero-order valence-electron chi connectivity index (χ0n) is 16.2. The van der Waals surface area contributed by atoms with Gasteiger partial charge in [-0.1, -0.05) is 5.16 Å². The summed E-state index contributed by atoms with van der Waals surface area (Å²) in [6.45, 7) is 4.45. The van der Waals surface area contributed by atoms with Crippen LogP contribution in [0.15, 0.2) is 22.7 Å². The molecule has 2 rings (SSSR count). The van der Waals surface area contributed by atoms with E-state index in [2.05, 4.69) is 5.16 Å². The molecule has 0 atom stereocenters. The molecule has 0 N–H and O–H groups in total. The third-order valence-corrected chi connectivity index (χ3v) is 4.24. The van der Waals surface area contributed by atoms with E-state index in [1.54, 1.807) is 18.2 Å². The molecule has 1 heterocycles. The van der Waals surface area contributed by atoms with Crippen molar-refractivity contribution in [2.45, 2.75) is 33.3 Å². The molecule has 0 bridgehead atoms. The molecule has 0 unspecified atom stereocenters. The highest BCUT2D eigenvalue weighted by Gasteiger charge is 2.18. The number of carbonyl (C=O) groups is 1. The molecule has 0 saturated carbocycles. The number of benzene rings is 1. The average molecular weight is 382 g/mol. The van der Waals surface area contributed by atoms with Gasteiger partial charge in [0.2, 0.25) is 0 Å². The van der Waals surface area contributed by atoms with Gasteiger partial charge in [0.05, 0.1) is 43.3 Å². The fraction of sp³-hybridized carbons (Fsp3) is 0.400. The summed E-state index contributed by atoms with van der Waals surface area (Å²) in [7, 11) is 1.50. The van der Waals surface area contributed by atoms with Gasteiger partial charge in [-0.25, -0.2) is 0 Å². The van der Waals surface area contributed by atoms with Crippen LogP contribution in [0.3, 0.4) is 0 Å². The van der Waals surface area contributed by atoms with E-state index in [0.717, 1.165) is 11.3 Å². The molecule has 1 aromatic carbocycles. The predicted molar refractivity (Wildman–Crippen MR) is 99.7 cm³/mol. The maximum absolute atomic E-state index is 12.8. The SMILES string of the molecule is COc1cc(C(=O)N(CCC#N)CCC#N)ccc1OCc1c(C)noc1C. The molecule has 0 aliphatic carbocycles. The average Bonchev–Trinajstić information content (AvgIpc) is 3.03. The van der Waals surface area contributed by atoms with Crippen molar-refractivity contribution in [2.75, 3.05) is 20.2 Å². The highest BCUT2D eigenvalue weighted by atomic mass is 16.5. The van der Waals surface area contributed by atoms with E-state index in [9.17, 15) is 4.79 Å². The number of rotatable bonds is 9. The molecule has 2 aromatic rings. The molecule has 28 heavy (non-hydrogen) atoms. The minimum absolute atomic E-state index is 0.201. The Morgan fingerprint density at radius 1 is 1.18 bits per heavy atom. The molecule has 1 aromatic heterocycles. The number of aromatic nitrogens is 1. The number of methoxy groups -OCH3 is 1. The first-order valence-electron chi connectivity index (χ1n) is 8.77. The second-order valence-electron chi connectivity index (χ2n) is 6.07. The maximum Gasteiger partial charge on any atom is 0.254 e. The Hall–Kier alpha value is -3.52. The van der Waals surface area contributed by atoms with Crippen molar-refractivity contribution in [3.05, 3.63) is 40.8 Å². The van der Waals surface area contributed by atoms with Crippen molar-refractivity contribution in [3.8, 4) is 23.6 Å². The van der Waals surface area contributed by atoms with Crippen LogP contribution in [0.25, 0.3) is 0 Å². The van der Waals surface area contributed by atoms with Gasteiger partial charge >= 0.3 is 0 Å². The van der Waals surface area contributed by atoms with Gasteiger partial charge in [-0.15, -0.1) is 0 Å². The monoisotopic (exact) mass is 382 g/mol. The highest BCUT2D eigenvalue weighted by molar-refractivity contribution is 5.95. The Kier molecular flexibility index (Phi) is 7.41. The minimum atomic E-state index is -0.263. The molecule has 0 saturated heterocycles. The number of nitriles is 2. The molecule has 0 fully saturated rings. The summed E-state index contributed by atoms with van der Waals surface area (Å²) in [5.41, 5.74) is 2.02. The third kappa shape index (κ3) is 5.01. The summed E-state index contributed by atoms with van der Waals surface area (Å²) in [4.78, 5) is 14.3. The molecule has 8 heteroatoms. The Morgan fingerprint density at radius 2 is 1.86 bits per heavy atom. The summed E-state index contributed by atoms with van der Waals surface area (Å²) >= 11 is 0. The lowest BCUT2D eigenvalue weighted by Gasteiger charge is -2.21. The van der Waals surface area contributed by atoms with Crippen LogP contribution in [0, 0.1) is 36.5 Å². The van der Waals surface area contributed by atoms with E-state index in [1.807, 2.05) is 26.0 Å². The molecule has 8 nitrogen and oxygen atoms in total. The first kappa shape index (κ1) is 20.8. The van der Waals surface area contributed by atoms with Crippen LogP contribution in [0.4, 0.5) is 0 Å². The zero-order valence-corrected chi connectivity index (χ0v) is 16.2. The smallest absolute Gasteiger partial charge is 0.254 e. The lowest BCUT2D eigenvalue weighted by molar-refractivity contribution is 0.0762. The van der Waals surface area contributed by atoms with Gasteiger partial charge in [-0.05, 0) is 32.0 Å². The van der Waals surface area contributed by atoms with Crippen LogP contribution in [0.5, 0.6) is 11.5 Å². The number of ether oxygens (including phenoxy) is 2. The Bertz CT molecular complexity index is 870. The molecule has 0 aliphatic rings. The van der Waals surface area contributed by atoms with Gasteiger partial charge in [0.1, 0.15) is 12.4 Å². The van der Waals surface area contributed by atoms with Crippen molar-refractivity contribution in [1.29, 1.82) is 10.5 Å². The van der Waals surface area contributed by atoms with E-state index < -0.39 is 0 Å². The van der Waals surface area contributed by atoms with Crippen LogP contribution < -0.4 is 9.47 Å². The fourth-order valence-corrected chi connectivity index (χ4v) is 2.65. The highest BCUT2D eigenvalue weighted by Crippen LogP contribution is 2.30. The first-order chi connectivity index (χ1) is 13.5. The van der Waals surface area contributed by atoms with E-state index in [-0.39, 0.29) is 38.4 Å². The number of carbonyl (C=O) groups excluding carboxylic acids is 1. The number of hydrogen-bond donors (Lipinski definition) is 0. The van der Waals surface area contributed by atoms with Crippen LogP contribution in [0.2, 0.25) is 0 Å². The van der Waals surface area contributed by atoms with Crippen LogP contribution in [-0.2, 0) is 6.61 Å². The van der Waals surface area contributed by atoms with Crippen molar-refractivity contribution in [1.82, 2.24) is 10.1 Å². The van der Waals surface area contributed by atoms with Gasteiger partial charge in [0, 0.05) is 18.7 Å². The molecular weight excluding hydrogens is 360 g/mol. The molecular formula is C20H22N4O4. The number of amides is 1. The van der Waals surface area contributed by atoms with E-state index in [0.29, 0.717) is 22.8 Å².